The highest BCUT2D eigenvalue weighted by Crippen LogP contribution is 2.18. The van der Waals surface area contributed by atoms with Crippen LogP contribution in [0.2, 0.25) is 0 Å². The molecule has 0 radical (unpaired) electrons. The van der Waals surface area contributed by atoms with Gasteiger partial charge in [0.2, 0.25) is 0 Å². The Bertz CT molecular complexity index is 281. The number of aliphatic hydroxyl groups is 3. The first-order chi connectivity index (χ1) is 9.57. The van der Waals surface area contributed by atoms with Gasteiger partial charge < -0.3 is 20.1 Å². The summed E-state index contributed by atoms with van der Waals surface area (Å²) in [6, 6.07) is 0. The summed E-state index contributed by atoms with van der Waals surface area (Å²) < 4.78 is 5.14. The molecule has 1 fully saturated rings. The Morgan fingerprint density at radius 1 is 1.00 bits per heavy atom. The summed E-state index contributed by atoms with van der Waals surface area (Å²) in [6.45, 7) is 2.07. The minimum absolute atomic E-state index is 0.106. The molecule has 0 aromatic carbocycles. The summed E-state index contributed by atoms with van der Waals surface area (Å²) in [5.41, 5.74) is 0. The van der Waals surface area contributed by atoms with Gasteiger partial charge in [0.05, 0.1) is 6.61 Å². The van der Waals surface area contributed by atoms with Gasteiger partial charge in [0.1, 0.15) is 24.4 Å². The van der Waals surface area contributed by atoms with Crippen LogP contribution in [0.4, 0.5) is 0 Å². The average Bonchev–Trinajstić information content (AvgIpc) is 2.43. The van der Waals surface area contributed by atoms with E-state index >= 15 is 0 Å². The standard InChI is InChI=1S/C15H28O5/c1-2-3-4-5-6-7-8-9-11(16)15-14(19)13(18)12(17)10-20-15/h12-15,17-19H,2-10H2,1H3/t12-,13+,14-,15?/m1/s1. The average molecular weight is 288 g/mol. The Morgan fingerprint density at radius 2 is 1.60 bits per heavy atom. The maximum absolute atomic E-state index is 11.9. The van der Waals surface area contributed by atoms with E-state index < -0.39 is 24.4 Å². The van der Waals surface area contributed by atoms with E-state index in [9.17, 15) is 20.1 Å². The number of hydrogen-bond acceptors (Lipinski definition) is 5. The molecule has 118 valence electrons. The van der Waals surface area contributed by atoms with E-state index in [0.29, 0.717) is 6.42 Å². The molecule has 0 aromatic heterocycles. The van der Waals surface area contributed by atoms with E-state index in [0.717, 1.165) is 19.3 Å². The van der Waals surface area contributed by atoms with Gasteiger partial charge >= 0.3 is 0 Å². The van der Waals surface area contributed by atoms with Crippen molar-refractivity contribution >= 4 is 5.78 Å². The molecule has 3 N–H and O–H groups in total. The summed E-state index contributed by atoms with van der Waals surface area (Å²) in [5.74, 6) is -0.183. The van der Waals surface area contributed by atoms with Gasteiger partial charge in [0.25, 0.3) is 0 Å². The molecule has 4 atom stereocenters. The molecule has 0 amide bonds. The monoisotopic (exact) mass is 288 g/mol. The smallest absolute Gasteiger partial charge is 0.164 e. The Morgan fingerprint density at radius 3 is 2.25 bits per heavy atom. The van der Waals surface area contributed by atoms with E-state index in [4.69, 9.17) is 4.74 Å². The van der Waals surface area contributed by atoms with Crippen molar-refractivity contribution in [2.24, 2.45) is 0 Å². The second kappa shape index (κ2) is 9.45. The van der Waals surface area contributed by atoms with Gasteiger partial charge in [-0.25, -0.2) is 0 Å². The zero-order chi connectivity index (χ0) is 15.0. The van der Waals surface area contributed by atoms with E-state index in [2.05, 4.69) is 6.92 Å². The molecule has 0 spiro atoms. The first-order valence-corrected chi connectivity index (χ1v) is 7.76. The summed E-state index contributed by atoms with van der Waals surface area (Å²) in [4.78, 5) is 11.9. The van der Waals surface area contributed by atoms with Crippen molar-refractivity contribution in [2.45, 2.75) is 82.7 Å². The molecule has 0 bridgehead atoms. The largest absolute Gasteiger partial charge is 0.388 e. The molecule has 5 nitrogen and oxygen atoms in total. The number of Topliss-reactive ketones (excluding diaryl/α,β-unsaturated/α-hetero) is 1. The molecule has 0 aromatic rings. The molecule has 1 saturated heterocycles. The normalized spacial score (nSPS) is 30.4. The van der Waals surface area contributed by atoms with Crippen LogP contribution in [0.15, 0.2) is 0 Å². The Labute approximate surface area is 121 Å². The van der Waals surface area contributed by atoms with Crippen LogP contribution in [0, 0.1) is 0 Å². The minimum Gasteiger partial charge on any atom is -0.388 e. The maximum atomic E-state index is 11.9. The molecule has 1 heterocycles. The van der Waals surface area contributed by atoms with E-state index in [-0.39, 0.29) is 12.4 Å². The first kappa shape index (κ1) is 17.6. The van der Waals surface area contributed by atoms with Gasteiger partial charge in [0, 0.05) is 6.42 Å². The lowest BCUT2D eigenvalue weighted by Crippen LogP contribution is -2.55. The topological polar surface area (TPSA) is 87.0 Å². The highest BCUT2D eigenvalue weighted by molar-refractivity contribution is 5.83. The number of ether oxygens (including phenoxy) is 1. The minimum atomic E-state index is -1.32. The summed E-state index contributed by atoms with van der Waals surface area (Å²) in [5, 5.41) is 28.6. The molecule has 1 aliphatic heterocycles. The number of carbonyl (C=O) groups is 1. The summed E-state index contributed by atoms with van der Waals surface area (Å²) >= 11 is 0. The van der Waals surface area contributed by atoms with Gasteiger partial charge in [-0.3, -0.25) is 4.79 Å². The van der Waals surface area contributed by atoms with Crippen LogP contribution in [0.1, 0.15) is 58.3 Å². The third-order valence-corrected chi connectivity index (χ3v) is 3.84. The number of rotatable bonds is 9. The predicted molar refractivity (Wildman–Crippen MR) is 75.4 cm³/mol. The van der Waals surface area contributed by atoms with Crippen molar-refractivity contribution < 1.29 is 24.9 Å². The van der Waals surface area contributed by atoms with Crippen LogP contribution in [0.25, 0.3) is 0 Å². The fourth-order valence-electron chi connectivity index (χ4n) is 2.49. The number of aliphatic hydroxyl groups excluding tert-OH is 3. The van der Waals surface area contributed by atoms with Crippen LogP contribution in [-0.4, -0.2) is 52.1 Å². The second-order valence-electron chi connectivity index (χ2n) is 5.64. The highest BCUT2D eigenvalue weighted by Gasteiger charge is 2.40. The van der Waals surface area contributed by atoms with Crippen LogP contribution in [0.5, 0.6) is 0 Å². The molecule has 20 heavy (non-hydrogen) atoms. The molecular formula is C15H28O5. The van der Waals surface area contributed by atoms with Gasteiger partial charge in [-0.1, -0.05) is 45.4 Å². The van der Waals surface area contributed by atoms with Gasteiger partial charge in [-0.05, 0) is 6.42 Å². The van der Waals surface area contributed by atoms with E-state index in [1.165, 1.54) is 25.7 Å². The van der Waals surface area contributed by atoms with Crippen molar-refractivity contribution in [3.8, 4) is 0 Å². The fourth-order valence-corrected chi connectivity index (χ4v) is 2.49. The predicted octanol–water partition coefficient (Wildman–Crippen LogP) is 1.18. The fraction of sp³-hybridized carbons (Fsp3) is 0.933. The first-order valence-electron chi connectivity index (χ1n) is 7.76. The third-order valence-electron chi connectivity index (χ3n) is 3.84. The van der Waals surface area contributed by atoms with Crippen LogP contribution in [0.3, 0.4) is 0 Å². The summed E-state index contributed by atoms with van der Waals surface area (Å²) in [6.07, 6.45) is 3.49. The molecule has 1 aliphatic rings. The summed E-state index contributed by atoms with van der Waals surface area (Å²) in [7, 11) is 0. The van der Waals surface area contributed by atoms with Crippen molar-refractivity contribution in [3.05, 3.63) is 0 Å². The van der Waals surface area contributed by atoms with Gasteiger partial charge in [0.15, 0.2) is 5.78 Å². The van der Waals surface area contributed by atoms with Crippen molar-refractivity contribution in [1.29, 1.82) is 0 Å². The molecule has 1 rings (SSSR count). The van der Waals surface area contributed by atoms with E-state index in [1.807, 2.05) is 0 Å². The number of carbonyl (C=O) groups excluding carboxylic acids is 1. The number of hydrogen-bond donors (Lipinski definition) is 3. The number of ketones is 1. The molecule has 5 heteroatoms. The Hall–Kier alpha value is -0.490. The maximum Gasteiger partial charge on any atom is 0.164 e. The van der Waals surface area contributed by atoms with Crippen molar-refractivity contribution in [2.75, 3.05) is 6.61 Å². The van der Waals surface area contributed by atoms with Crippen LogP contribution in [-0.2, 0) is 9.53 Å². The SMILES string of the molecule is CCCCCCCCCC(=O)C1OC[C@@H](O)[C@H](O)[C@H]1O. The van der Waals surface area contributed by atoms with Crippen molar-refractivity contribution in [3.63, 3.8) is 0 Å². The van der Waals surface area contributed by atoms with Crippen LogP contribution >= 0.6 is 0 Å². The zero-order valence-electron chi connectivity index (χ0n) is 12.3. The van der Waals surface area contributed by atoms with Gasteiger partial charge in [-0.15, -0.1) is 0 Å². The lowest BCUT2D eigenvalue weighted by Gasteiger charge is -2.34. The molecule has 0 aliphatic carbocycles. The third kappa shape index (κ3) is 5.48. The second-order valence-corrected chi connectivity index (χ2v) is 5.64. The quantitative estimate of drug-likeness (QED) is 0.555. The molecular weight excluding hydrogens is 260 g/mol. The molecule has 0 saturated carbocycles. The van der Waals surface area contributed by atoms with Crippen LogP contribution < -0.4 is 0 Å². The zero-order valence-corrected chi connectivity index (χ0v) is 12.3. The Balaban J connectivity index is 2.16. The molecule has 1 unspecified atom stereocenters. The Kier molecular flexibility index (Phi) is 8.30. The lowest BCUT2D eigenvalue weighted by atomic mass is 9.94. The highest BCUT2D eigenvalue weighted by atomic mass is 16.5. The van der Waals surface area contributed by atoms with Crippen molar-refractivity contribution in [1.82, 2.24) is 0 Å². The number of unbranched alkanes of at least 4 members (excludes halogenated alkanes) is 6. The van der Waals surface area contributed by atoms with E-state index in [1.54, 1.807) is 0 Å². The van der Waals surface area contributed by atoms with Gasteiger partial charge in [-0.2, -0.15) is 0 Å². The lowest BCUT2D eigenvalue weighted by molar-refractivity contribution is -0.190.